The zero-order valence-electron chi connectivity index (χ0n) is 14.7. The minimum absolute atomic E-state index is 0.0560. The molecule has 0 spiro atoms. The molecular weight excluding hydrogens is 316 g/mol. The lowest BCUT2D eigenvalue weighted by molar-refractivity contribution is -0.121. The summed E-state index contributed by atoms with van der Waals surface area (Å²) in [6, 6.07) is 16.2. The average Bonchev–Trinajstić information content (AvgIpc) is 3.08. The molecule has 1 aliphatic rings. The Hall–Kier alpha value is -2.53. The summed E-state index contributed by atoms with van der Waals surface area (Å²) >= 11 is 0. The van der Waals surface area contributed by atoms with Gasteiger partial charge in [-0.05, 0) is 43.8 Å². The predicted molar refractivity (Wildman–Crippen MR) is 96.8 cm³/mol. The molecule has 0 saturated carbocycles. The monoisotopic (exact) mass is 340 g/mol. The zero-order chi connectivity index (χ0) is 17.6. The van der Waals surface area contributed by atoms with Crippen LogP contribution in [0.4, 0.5) is 0 Å². The standard InChI is InChI=1S/C20H24N2O3/c1-22(2)17(16-6-4-3-5-7-16)13-21-20(23)11-9-15-8-10-18-19(12-15)25-14-24-18/h3-8,10,12,17H,9,11,13-14H2,1-2H3,(H,21,23)/t17-/m1/s1. The molecule has 0 saturated heterocycles. The molecule has 5 heteroatoms. The van der Waals surface area contributed by atoms with Gasteiger partial charge in [0.25, 0.3) is 0 Å². The van der Waals surface area contributed by atoms with Crippen LogP contribution in [-0.2, 0) is 11.2 Å². The smallest absolute Gasteiger partial charge is 0.231 e. The predicted octanol–water partition coefficient (Wildman–Crippen LogP) is 2.77. The van der Waals surface area contributed by atoms with E-state index in [4.69, 9.17) is 9.47 Å². The molecule has 0 fully saturated rings. The van der Waals surface area contributed by atoms with Crippen molar-refractivity contribution in [1.29, 1.82) is 0 Å². The number of nitrogens with one attached hydrogen (secondary N) is 1. The summed E-state index contributed by atoms with van der Waals surface area (Å²) in [4.78, 5) is 14.3. The third kappa shape index (κ3) is 4.51. The Kier molecular flexibility index (Phi) is 5.56. The Morgan fingerprint density at radius 3 is 2.64 bits per heavy atom. The molecule has 2 aromatic carbocycles. The van der Waals surface area contributed by atoms with E-state index < -0.39 is 0 Å². The van der Waals surface area contributed by atoms with Crippen LogP contribution in [0.3, 0.4) is 0 Å². The van der Waals surface area contributed by atoms with Crippen molar-refractivity contribution in [1.82, 2.24) is 10.2 Å². The number of benzene rings is 2. The Morgan fingerprint density at radius 2 is 1.88 bits per heavy atom. The van der Waals surface area contributed by atoms with Gasteiger partial charge in [-0.1, -0.05) is 36.4 Å². The molecule has 132 valence electrons. The lowest BCUT2D eigenvalue weighted by Gasteiger charge is -2.25. The van der Waals surface area contributed by atoms with Crippen molar-refractivity contribution >= 4 is 5.91 Å². The number of carbonyl (C=O) groups excluding carboxylic acids is 1. The summed E-state index contributed by atoms with van der Waals surface area (Å²) in [5.74, 6) is 1.58. The Balaban J connectivity index is 1.50. The van der Waals surface area contributed by atoms with Crippen LogP contribution in [0.25, 0.3) is 0 Å². The van der Waals surface area contributed by atoms with Crippen LogP contribution >= 0.6 is 0 Å². The summed E-state index contributed by atoms with van der Waals surface area (Å²) in [7, 11) is 4.05. The average molecular weight is 340 g/mol. The van der Waals surface area contributed by atoms with Crippen LogP contribution in [0.2, 0.25) is 0 Å². The molecule has 1 heterocycles. The SMILES string of the molecule is CN(C)[C@H](CNC(=O)CCc1ccc2c(c1)OCO2)c1ccccc1. The van der Waals surface area contributed by atoms with Gasteiger partial charge >= 0.3 is 0 Å². The second-order valence-corrected chi connectivity index (χ2v) is 6.38. The molecular formula is C20H24N2O3. The molecule has 1 atom stereocenters. The van der Waals surface area contributed by atoms with E-state index in [2.05, 4.69) is 22.3 Å². The van der Waals surface area contributed by atoms with E-state index in [-0.39, 0.29) is 18.7 Å². The van der Waals surface area contributed by atoms with E-state index in [1.165, 1.54) is 5.56 Å². The second-order valence-electron chi connectivity index (χ2n) is 6.38. The first-order chi connectivity index (χ1) is 12.1. The summed E-state index contributed by atoms with van der Waals surface area (Å²) in [6.07, 6.45) is 1.13. The number of likely N-dealkylation sites (N-methyl/N-ethyl adjacent to an activating group) is 1. The van der Waals surface area contributed by atoms with Gasteiger partial charge < -0.3 is 19.7 Å². The maximum atomic E-state index is 12.2. The molecule has 0 aliphatic carbocycles. The number of hydrogen-bond acceptors (Lipinski definition) is 4. The van der Waals surface area contributed by atoms with Crippen LogP contribution in [0.5, 0.6) is 11.5 Å². The highest BCUT2D eigenvalue weighted by Gasteiger charge is 2.16. The minimum atomic E-state index is 0.0560. The molecule has 25 heavy (non-hydrogen) atoms. The lowest BCUT2D eigenvalue weighted by Crippen LogP contribution is -2.34. The van der Waals surface area contributed by atoms with Crippen LogP contribution in [0.1, 0.15) is 23.6 Å². The van der Waals surface area contributed by atoms with Crippen molar-refractivity contribution in [2.24, 2.45) is 0 Å². The molecule has 0 bridgehead atoms. The third-order valence-corrected chi connectivity index (χ3v) is 4.38. The number of aryl methyl sites for hydroxylation is 1. The highest BCUT2D eigenvalue weighted by molar-refractivity contribution is 5.76. The summed E-state index contributed by atoms with van der Waals surface area (Å²) in [6.45, 7) is 0.863. The molecule has 1 amide bonds. The van der Waals surface area contributed by atoms with Gasteiger partial charge in [-0.15, -0.1) is 0 Å². The van der Waals surface area contributed by atoms with Crippen LogP contribution in [0.15, 0.2) is 48.5 Å². The molecule has 1 aliphatic heterocycles. The molecule has 0 radical (unpaired) electrons. The van der Waals surface area contributed by atoms with Crippen molar-refractivity contribution in [3.63, 3.8) is 0 Å². The first-order valence-corrected chi connectivity index (χ1v) is 8.50. The minimum Gasteiger partial charge on any atom is -0.454 e. The van der Waals surface area contributed by atoms with E-state index in [0.29, 0.717) is 19.4 Å². The topological polar surface area (TPSA) is 50.8 Å². The quantitative estimate of drug-likeness (QED) is 0.842. The number of hydrogen-bond donors (Lipinski definition) is 1. The number of rotatable bonds is 7. The van der Waals surface area contributed by atoms with E-state index in [9.17, 15) is 4.79 Å². The van der Waals surface area contributed by atoms with Gasteiger partial charge in [0, 0.05) is 13.0 Å². The van der Waals surface area contributed by atoms with E-state index in [0.717, 1.165) is 17.1 Å². The molecule has 5 nitrogen and oxygen atoms in total. The fraction of sp³-hybridized carbons (Fsp3) is 0.350. The first-order valence-electron chi connectivity index (χ1n) is 8.50. The Labute approximate surface area is 148 Å². The first kappa shape index (κ1) is 17.3. The van der Waals surface area contributed by atoms with Gasteiger partial charge in [0.05, 0.1) is 6.04 Å². The van der Waals surface area contributed by atoms with Gasteiger partial charge in [-0.3, -0.25) is 4.79 Å². The Bertz CT molecular complexity index is 716. The van der Waals surface area contributed by atoms with Crippen LogP contribution in [-0.4, -0.2) is 38.2 Å². The van der Waals surface area contributed by atoms with Crippen LogP contribution in [0, 0.1) is 0 Å². The van der Waals surface area contributed by atoms with Gasteiger partial charge in [-0.25, -0.2) is 0 Å². The molecule has 0 unspecified atom stereocenters. The normalized spacial score (nSPS) is 13.7. The van der Waals surface area contributed by atoms with Crippen molar-refractivity contribution in [2.45, 2.75) is 18.9 Å². The van der Waals surface area contributed by atoms with Gasteiger partial charge in [0.15, 0.2) is 11.5 Å². The van der Waals surface area contributed by atoms with Gasteiger partial charge in [0.2, 0.25) is 12.7 Å². The summed E-state index contributed by atoms with van der Waals surface area (Å²) in [5, 5.41) is 3.05. The van der Waals surface area contributed by atoms with Gasteiger partial charge in [0.1, 0.15) is 0 Å². The second kappa shape index (κ2) is 8.03. The molecule has 2 aromatic rings. The van der Waals surface area contributed by atoms with E-state index >= 15 is 0 Å². The number of nitrogens with zero attached hydrogens (tertiary/aromatic N) is 1. The maximum Gasteiger partial charge on any atom is 0.231 e. The van der Waals surface area contributed by atoms with Crippen LogP contribution < -0.4 is 14.8 Å². The van der Waals surface area contributed by atoms with Crippen molar-refractivity contribution in [3.8, 4) is 11.5 Å². The highest BCUT2D eigenvalue weighted by atomic mass is 16.7. The molecule has 3 rings (SSSR count). The van der Waals surface area contributed by atoms with Crippen molar-refractivity contribution in [2.75, 3.05) is 27.4 Å². The zero-order valence-corrected chi connectivity index (χ0v) is 14.7. The number of ether oxygens (including phenoxy) is 2. The fourth-order valence-electron chi connectivity index (χ4n) is 2.93. The molecule has 1 N–H and O–H groups in total. The summed E-state index contributed by atoms with van der Waals surface area (Å²) < 4.78 is 10.7. The largest absolute Gasteiger partial charge is 0.454 e. The van der Waals surface area contributed by atoms with Crippen molar-refractivity contribution < 1.29 is 14.3 Å². The number of fused-ring (bicyclic) bond motifs is 1. The Morgan fingerprint density at radius 1 is 1.12 bits per heavy atom. The number of carbonyl (C=O) groups is 1. The van der Waals surface area contributed by atoms with E-state index in [1.54, 1.807) is 0 Å². The lowest BCUT2D eigenvalue weighted by atomic mass is 10.1. The maximum absolute atomic E-state index is 12.2. The highest BCUT2D eigenvalue weighted by Crippen LogP contribution is 2.32. The van der Waals surface area contributed by atoms with Crippen molar-refractivity contribution in [3.05, 3.63) is 59.7 Å². The third-order valence-electron chi connectivity index (χ3n) is 4.38. The summed E-state index contributed by atoms with van der Waals surface area (Å²) in [5.41, 5.74) is 2.27. The fourth-order valence-corrected chi connectivity index (χ4v) is 2.93. The molecule has 0 aromatic heterocycles. The van der Waals surface area contributed by atoms with E-state index in [1.807, 2.05) is 50.5 Å². The van der Waals surface area contributed by atoms with Gasteiger partial charge in [-0.2, -0.15) is 0 Å². The number of amides is 1.